The number of halogens is 1. The molecule has 0 saturated carbocycles. The van der Waals surface area contributed by atoms with E-state index in [1.54, 1.807) is 26.1 Å². The van der Waals surface area contributed by atoms with Gasteiger partial charge < -0.3 is 9.64 Å². The van der Waals surface area contributed by atoms with Crippen molar-refractivity contribution in [3.8, 4) is 5.75 Å². The third-order valence-corrected chi connectivity index (χ3v) is 4.21. The Balaban J connectivity index is 2.28. The summed E-state index contributed by atoms with van der Waals surface area (Å²) in [7, 11) is 1.66. The molecule has 2 aromatic rings. The third-order valence-electron chi connectivity index (χ3n) is 3.96. The van der Waals surface area contributed by atoms with Crippen molar-refractivity contribution in [2.24, 2.45) is 0 Å². The second kappa shape index (κ2) is 7.98. The fraction of sp³-hybridized carbons (Fsp3) is 0.278. The van der Waals surface area contributed by atoms with E-state index in [4.69, 9.17) is 16.3 Å². The number of nitro groups is 1. The molecule has 0 heterocycles. The molecule has 1 amide bonds. The standard InChI is InChI=1S/C18H19ClN2O4/c1-4-25-17-10-7-14(11-16(17)21(23)24)18(22)20(3)12(2)13-5-8-15(19)9-6-13/h5-12H,4H2,1-3H3. The molecule has 0 aromatic heterocycles. The molecule has 25 heavy (non-hydrogen) atoms. The summed E-state index contributed by atoms with van der Waals surface area (Å²) in [5.74, 6) is -0.161. The van der Waals surface area contributed by atoms with Gasteiger partial charge >= 0.3 is 5.69 Å². The normalized spacial score (nSPS) is 11.7. The summed E-state index contributed by atoms with van der Waals surface area (Å²) in [4.78, 5) is 24.9. The van der Waals surface area contributed by atoms with Crippen molar-refractivity contribution in [3.63, 3.8) is 0 Å². The van der Waals surface area contributed by atoms with Crippen molar-refractivity contribution >= 4 is 23.2 Å². The van der Waals surface area contributed by atoms with Crippen LogP contribution >= 0.6 is 11.6 Å². The molecule has 1 unspecified atom stereocenters. The highest BCUT2D eigenvalue weighted by atomic mass is 35.5. The number of carbonyl (C=O) groups is 1. The molecular formula is C18H19ClN2O4. The maximum Gasteiger partial charge on any atom is 0.311 e. The van der Waals surface area contributed by atoms with E-state index in [1.807, 2.05) is 19.1 Å². The highest BCUT2D eigenvalue weighted by Gasteiger charge is 2.23. The van der Waals surface area contributed by atoms with E-state index in [1.165, 1.54) is 23.1 Å². The van der Waals surface area contributed by atoms with Crippen LogP contribution in [0.3, 0.4) is 0 Å². The first-order chi connectivity index (χ1) is 11.8. The molecule has 0 radical (unpaired) electrons. The topological polar surface area (TPSA) is 72.7 Å². The molecule has 1 atom stereocenters. The van der Waals surface area contributed by atoms with Gasteiger partial charge in [0.1, 0.15) is 0 Å². The molecule has 0 spiro atoms. The van der Waals surface area contributed by atoms with Crippen LogP contribution in [0.15, 0.2) is 42.5 Å². The zero-order valence-corrected chi connectivity index (χ0v) is 15.0. The Bertz CT molecular complexity index is 777. The van der Waals surface area contributed by atoms with Gasteiger partial charge in [0.05, 0.1) is 17.6 Å². The van der Waals surface area contributed by atoms with E-state index >= 15 is 0 Å². The van der Waals surface area contributed by atoms with Crippen LogP contribution < -0.4 is 4.74 Å². The molecule has 0 aliphatic heterocycles. The average Bonchev–Trinajstić information content (AvgIpc) is 2.61. The second-order valence-corrected chi connectivity index (χ2v) is 5.95. The van der Waals surface area contributed by atoms with Crippen LogP contribution in [0.5, 0.6) is 5.75 Å². The van der Waals surface area contributed by atoms with Gasteiger partial charge in [0, 0.05) is 23.7 Å². The summed E-state index contributed by atoms with van der Waals surface area (Å²) in [6.07, 6.45) is 0. The van der Waals surface area contributed by atoms with E-state index in [0.29, 0.717) is 11.6 Å². The van der Waals surface area contributed by atoms with Crippen LogP contribution in [0.2, 0.25) is 5.02 Å². The molecule has 0 saturated heterocycles. The van der Waals surface area contributed by atoms with E-state index in [-0.39, 0.29) is 28.9 Å². The largest absolute Gasteiger partial charge is 0.487 e. The van der Waals surface area contributed by atoms with Crippen molar-refractivity contribution in [3.05, 3.63) is 68.7 Å². The average molecular weight is 363 g/mol. The van der Waals surface area contributed by atoms with Crippen molar-refractivity contribution in [2.75, 3.05) is 13.7 Å². The summed E-state index contributed by atoms with van der Waals surface area (Å²) in [6.45, 7) is 3.93. The molecular weight excluding hydrogens is 344 g/mol. The van der Waals surface area contributed by atoms with Crippen LogP contribution in [-0.2, 0) is 0 Å². The molecule has 7 heteroatoms. The highest BCUT2D eigenvalue weighted by Crippen LogP contribution is 2.29. The Morgan fingerprint density at radius 1 is 1.28 bits per heavy atom. The maximum atomic E-state index is 12.7. The zero-order chi connectivity index (χ0) is 18.6. The number of rotatable bonds is 6. The van der Waals surface area contributed by atoms with Crippen LogP contribution in [0.1, 0.15) is 35.8 Å². The molecule has 6 nitrogen and oxygen atoms in total. The van der Waals surface area contributed by atoms with Crippen LogP contribution in [-0.4, -0.2) is 29.4 Å². The van der Waals surface area contributed by atoms with Gasteiger partial charge in [-0.1, -0.05) is 23.7 Å². The Hall–Kier alpha value is -2.60. The molecule has 132 valence electrons. The lowest BCUT2D eigenvalue weighted by molar-refractivity contribution is -0.385. The number of hydrogen-bond acceptors (Lipinski definition) is 4. The quantitative estimate of drug-likeness (QED) is 0.561. The van der Waals surface area contributed by atoms with Gasteiger partial charge in [-0.25, -0.2) is 0 Å². The minimum Gasteiger partial charge on any atom is -0.487 e. The van der Waals surface area contributed by atoms with Gasteiger partial charge in [-0.2, -0.15) is 0 Å². The number of nitro benzene ring substituents is 1. The number of benzene rings is 2. The smallest absolute Gasteiger partial charge is 0.311 e. The highest BCUT2D eigenvalue weighted by molar-refractivity contribution is 6.30. The Kier molecular flexibility index (Phi) is 5.98. The van der Waals surface area contributed by atoms with E-state index < -0.39 is 4.92 Å². The summed E-state index contributed by atoms with van der Waals surface area (Å²) in [6, 6.07) is 11.2. The van der Waals surface area contributed by atoms with E-state index in [2.05, 4.69) is 0 Å². The Morgan fingerprint density at radius 2 is 1.92 bits per heavy atom. The van der Waals surface area contributed by atoms with Gasteiger partial charge in [0.15, 0.2) is 5.75 Å². The van der Waals surface area contributed by atoms with Crippen LogP contribution in [0, 0.1) is 10.1 Å². The van der Waals surface area contributed by atoms with Gasteiger partial charge in [-0.15, -0.1) is 0 Å². The molecule has 0 aliphatic rings. The van der Waals surface area contributed by atoms with Crippen molar-refractivity contribution in [1.29, 1.82) is 0 Å². The molecule has 0 bridgehead atoms. The number of ether oxygens (including phenoxy) is 1. The lowest BCUT2D eigenvalue weighted by Crippen LogP contribution is -2.29. The second-order valence-electron chi connectivity index (χ2n) is 5.52. The fourth-order valence-electron chi connectivity index (χ4n) is 2.42. The van der Waals surface area contributed by atoms with Gasteiger partial charge in [-0.05, 0) is 43.7 Å². The summed E-state index contributed by atoms with van der Waals surface area (Å²) in [5, 5.41) is 11.8. The van der Waals surface area contributed by atoms with Gasteiger partial charge in [0.2, 0.25) is 0 Å². The fourth-order valence-corrected chi connectivity index (χ4v) is 2.54. The summed E-state index contributed by atoms with van der Waals surface area (Å²) in [5.41, 5.74) is 0.930. The Labute approximate surface area is 151 Å². The summed E-state index contributed by atoms with van der Waals surface area (Å²) >= 11 is 5.89. The number of hydrogen-bond donors (Lipinski definition) is 0. The summed E-state index contributed by atoms with van der Waals surface area (Å²) < 4.78 is 5.24. The first-order valence-corrected chi connectivity index (χ1v) is 8.16. The monoisotopic (exact) mass is 362 g/mol. The third kappa shape index (κ3) is 4.28. The molecule has 0 fully saturated rings. The number of amides is 1. The molecule has 0 aliphatic carbocycles. The Morgan fingerprint density at radius 3 is 2.48 bits per heavy atom. The number of nitrogens with zero attached hydrogens (tertiary/aromatic N) is 2. The lowest BCUT2D eigenvalue weighted by Gasteiger charge is -2.25. The predicted octanol–water partition coefficient (Wildman–Crippen LogP) is 4.48. The molecule has 2 rings (SSSR count). The van der Waals surface area contributed by atoms with Crippen molar-refractivity contribution < 1.29 is 14.5 Å². The molecule has 2 aromatic carbocycles. The minimum absolute atomic E-state index is 0.150. The zero-order valence-electron chi connectivity index (χ0n) is 14.2. The number of carbonyl (C=O) groups excluding carboxylic acids is 1. The SMILES string of the molecule is CCOc1ccc(C(=O)N(C)C(C)c2ccc(Cl)cc2)cc1[N+](=O)[O-]. The predicted molar refractivity (Wildman–Crippen MR) is 96.2 cm³/mol. The van der Waals surface area contributed by atoms with E-state index in [0.717, 1.165) is 5.56 Å². The van der Waals surface area contributed by atoms with Gasteiger partial charge in [0.25, 0.3) is 5.91 Å². The van der Waals surface area contributed by atoms with Gasteiger partial charge in [-0.3, -0.25) is 14.9 Å². The lowest BCUT2D eigenvalue weighted by atomic mass is 10.1. The molecule has 0 N–H and O–H groups in total. The van der Waals surface area contributed by atoms with Crippen LogP contribution in [0.25, 0.3) is 0 Å². The van der Waals surface area contributed by atoms with E-state index in [9.17, 15) is 14.9 Å². The van der Waals surface area contributed by atoms with Crippen molar-refractivity contribution in [2.45, 2.75) is 19.9 Å². The maximum absolute atomic E-state index is 12.7. The first kappa shape index (κ1) is 18.7. The minimum atomic E-state index is -0.551. The van der Waals surface area contributed by atoms with Crippen molar-refractivity contribution in [1.82, 2.24) is 4.90 Å². The first-order valence-electron chi connectivity index (χ1n) is 7.79. The van der Waals surface area contributed by atoms with Crippen LogP contribution in [0.4, 0.5) is 5.69 Å².